The van der Waals surface area contributed by atoms with E-state index in [9.17, 15) is 0 Å². The molecule has 0 aromatic rings. The van der Waals surface area contributed by atoms with Crippen molar-refractivity contribution in [3.8, 4) is 0 Å². The van der Waals surface area contributed by atoms with E-state index in [1.165, 1.54) is 0 Å². The summed E-state index contributed by atoms with van der Waals surface area (Å²) in [6.45, 7) is 3.69. The summed E-state index contributed by atoms with van der Waals surface area (Å²) in [7, 11) is 0. The topological polar surface area (TPSA) is 190 Å². The zero-order chi connectivity index (χ0) is 14.2. The van der Waals surface area contributed by atoms with E-state index >= 15 is 0 Å². The SMILES string of the molecule is CC(C)(CO)CO.N=NC=NN.N=NC=NN. The van der Waals surface area contributed by atoms with Crippen LogP contribution in [0.3, 0.4) is 0 Å². The second-order valence-corrected chi connectivity index (χ2v) is 3.27. The molecule has 0 aliphatic heterocycles. The van der Waals surface area contributed by atoms with E-state index in [0.29, 0.717) is 0 Å². The minimum atomic E-state index is -0.306. The summed E-state index contributed by atoms with van der Waals surface area (Å²) in [5, 5.41) is 28.0. The molecule has 0 aromatic heterocycles. The zero-order valence-corrected chi connectivity index (χ0v) is 9.91. The van der Waals surface area contributed by atoms with Gasteiger partial charge in [0, 0.05) is 5.41 Å². The molecule has 0 bridgehead atoms. The molecule has 0 fully saturated rings. The highest BCUT2D eigenvalue weighted by Crippen LogP contribution is 2.10. The fourth-order valence-corrected chi connectivity index (χ4v) is 0.117. The Bertz CT molecular complexity index is 206. The summed E-state index contributed by atoms with van der Waals surface area (Å²) in [6, 6.07) is 0. The Kier molecular flexibility index (Phi) is 19.9. The Morgan fingerprint density at radius 1 is 1.00 bits per heavy atom. The van der Waals surface area contributed by atoms with Gasteiger partial charge in [-0.1, -0.05) is 13.8 Å². The van der Waals surface area contributed by atoms with E-state index < -0.39 is 0 Å². The molecule has 100 valence electrons. The van der Waals surface area contributed by atoms with E-state index in [2.05, 4.69) is 32.1 Å². The van der Waals surface area contributed by atoms with Gasteiger partial charge in [-0.3, -0.25) is 0 Å². The minimum absolute atomic E-state index is 0.0451. The van der Waals surface area contributed by atoms with Crippen LogP contribution in [0.4, 0.5) is 0 Å². The second-order valence-electron chi connectivity index (χ2n) is 3.27. The van der Waals surface area contributed by atoms with Gasteiger partial charge in [0.15, 0.2) is 12.7 Å². The van der Waals surface area contributed by atoms with Crippen LogP contribution in [0.15, 0.2) is 20.4 Å². The van der Waals surface area contributed by atoms with E-state index in [1.54, 1.807) is 13.8 Å². The predicted molar refractivity (Wildman–Crippen MR) is 63.6 cm³/mol. The summed E-state index contributed by atoms with van der Waals surface area (Å²) in [5.74, 6) is 8.99. The van der Waals surface area contributed by atoms with Crippen molar-refractivity contribution >= 4 is 12.7 Å². The normalized spacial score (nSPS) is 10.1. The van der Waals surface area contributed by atoms with Gasteiger partial charge < -0.3 is 21.9 Å². The molecule has 0 amide bonds. The van der Waals surface area contributed by atoms with E-state index in [1.807, 2.05) is 0 Å². The van der Waals surface area contributed by atoms with Gasteiger partial charge in [-0.15, -0.1) is 10.2 Å². The zero-order valence-electron chi connectivity index (χ0n) is 9.91. The molecular formula is C7H20N8O2. The average molecular weight is 248 g/mol. The van der Waals surface area contributed by atoms with E-state index in [-0.39, 0.29) is 18.6 Å². The van der Waals surface area contributed by atoms with Crippen LogP contribution in [0, 0.1) is 16.5 Å². The number of hydrogen-bond acceptors (Lipinski definition) is 8. The third kappa shape index (κ3) is 31.5. The number of nitrogens with two attached hydrogens (primary N) is 2. The number of hydrazone groups is 2. The molecule has 0 aliphatic rings. The third-order valence-electron chi connectivity index (χ3n) is 1.10. The quantitative estimate of drug-likeness (QED) is 0.132. The van der Waals surface area contributed by atoms with Gasteiger partial charge in [-0.25, -0.2) is 11.1 Å². The lowest BCUT2D eigenvalue weighted by Crippen LogP contribution is -2.20. The summed E-state index contributed by atoms with van der Waals surface area (Å²) >= 11 is 0. The van der Waals surface area contributed by atoms with Crippen molar-refractivity contribution in [2.45, 2.75) is 13.8 Å². The van der Waals surface area contributed by atoms with Crippen LogP contribution in [0.5, 0.6) is 0 Å². The maximum atomic E-state index is 8.43. The highest BCUT2D eigenvalue weighted by molar-refractivity contribution is 5.53. The van der Waals surface area contributed by atoms with Crippen molar-refractivity contribution < 1.29 is 10.2 Å². The Morgan fingerprint density at radius 3 is 1.29 bits per heavy atom. The molecule has 0 aliphatic carbocycles. The largest absolute Gasteiger partial charge is 0.396 e. The lowest BCUT2D eigenvalue weighted by Gasteiger charge is -2.16. The highest BCUT2D eigenvalue weighted by Gasteiger charge is 2.13. The van der Waals surface area contributed by atoms with Crippen LogP contribution in [0.2, 0.25) is 0 Å². The van der Waals surface area contributed by atoms with Crippen LogP contribution in [0.25, 0.3) is 0 Å². The van der Waals surface area contributed by atoms with Crippen molar-refractivity contribution in [3.63, 3.8) is 0 Å². The summed E-state index contributed by atoms with van der Waals surface area (Å²) in [5.41, 5.74) is 11.7. The van der Waals surface area contributed by atoms with E-state index in [0.717, 1.165) is 12.7 Å². The number of nitrogens with one attached hydrogen (secondary N) is 2. The summed E-state index contributed by atoms with van der Waals surface area (Å²) in [6.07, 6.45) is 1.89. The Hall–Kier alpha value is -1.94. The van der Waals surface area contributed by atoms with Gasteiger partial charge in [-0.2, -0.15) is 10.2 Å². The van der Waals surface area contributed by atoms with Crippen LogP contribution in [0.1, 0.15) is 13.8 Å². The molecule has 0 unspecified atom stereocenters. The fraction of sp³-hybridized carbons (Fsp3) is 0.714. The number of rotatable bonds is 4. The first kappa shape index (κ1) is 20.5. The Labute approximate surface area is 99.4 Å². The van der Waals surface area contributed by atoms with Crippen LogP contribution in [-0.4, -0.2) is 36.1 Å². The molecule has 10 heteroatoms. The number of nitrogens with zero attached hydrogens (tertiary/aromatic N) is 4. The van der Waals surface area contributed by atoms with Gasteiger partial charge >= 0.3 is 0 Å². The summed E-state index contributed by atoms with van der Waals surface area (Å²) < 4.78 is 0. The molecule has 0 radical (unpaired) electrons. The average Bonchev–Trinajstić information content (AvgIpc) is 2.33. The van der Waals surface area contributed by atoms with Gasteiger partial charge in [0.1, 0.15) is 0 Å². The monoisotopic (exact) mass is 248 g/mol. The van der Waals surface area contributed by atoms with Gasteiger partial charge in [0.05, 0.1) is 13.2 Å². The first-order chi connectivity index (χ1) is 7.95. The van der Waals surface area contributed by atoms with Crippen LogP contribution in [-0.2, 0) is 0 Å². The van der Waals surface area contributed by atoms with Crippen molar-refractivity contribution in [2.75, 3.05) is 13.2 Å². The third-order valence-corrected chi connectivity index (χ3v) is 1.10. The van der Waals surface area contributed by atoms with Gasteiger partial charge in [0.25, 0.3) is 0 Å². The maximum absolute atomic E-state index is 8.43. The van der Waals surface area contributed by atoms with Crippen molar-refractivity contribution in [2.24, 2.45) is 37.5 Å². The molecule has 0 saturated heterocycles. The molecule has 0 atom stereocenters. The van der Waals surface area contributed by atoms with Crippen LogP contribution >= 0.6 is 0 Å². The summed E-state index contributed by atoms with van der Waals surface area (Å²) in [4.78, 5) is 0. The van der Waals surface area contributed by atoms with Crippen molar-refractivity contribution in [1.29, 1.82) is 11.1 Å². The first-order valence-corrected chi connectivity index (χ1v) is 4.34. The Morgan fingerprint density at radius 2 is 1.29 bits per heavy atom. The molecule has 0 rings (SSSR count). The van der Waals surface area contributed by atoms with Crippen LogP contribution < -0.4 is 11.7 Å². The predicted octanol–water partition coefficient (Wildman–Crippen LogP) is -0.164. The van der Waals surface area contributed by atoms with Gasteiger partial charge in [0.2, 0.25) is 0 Å². The van der Waals surface area contributed by atoms with Crippen molar-refractivity contribution in [3.05, 3.63) is 0 Å². The molecule has 0 heterocycles. The molecule has 0 aromatic carbocycles. The van der Waals surface area contributed by atoms with Gasteiger partial charge in [-0.05, 0) is 0 Å². The highest BCUT2D eigenvalue weighted by atomic mass is 16.3. The Balaban J connectivity index is -0.000000177. The van der Waals surface area contributed by atoms with E-state index in [4.69, 9.17) is 21.3 Å². The molecule has 0 spiro atoms. The molecule has 8 N–H and O–H groups in total. The molecule has 10 nitrogen and oxygen atoms in total. The lowest BCUT2D eigenvalue weighted by atomic mass is 9.97. The fourth-order valence-electron chi connectivity index (χ4n) is 0.117. The molecular weight excluding hydrogens is 228 g/mol. The molecule has 17 heavy (non-hydrogen) atoms. The number of aliphatic hydroxyl groups excluding tert-OH is 2. The lowest BCUT2D eigenvalue weighted by molar-refractivity contribution is 0.0857. The second kappa shape index (κ2) is 16.5. The smallest absolute Gasteiger partial charge is 0.156 e. The maximum Gasteiger partial charge on any atom is 0.156 e. The molecule has 0 saturated carbocycles. The standard InChI is InChI=1S/C5H12O2.2CH4N4/c1-5(2,3-6)4-7;2*2-4-1-5-3/h6-7H,3-4H2,1-2H3;2*1-2H,3H2. The number of aliphatic hydroxyl groups is 2. The minimum Gasteiger partial charge on any atom is -0.396 e. The first-order valence-electron chi connectivity index (χ1n) is 4.34. The number of hydrogen-bond donors (Lipinski definition) is 6. The van der Waals surface area contributed by atoms with Crippen molar-refractivity contribution in [1.82, 2.24) is 0 Å².